The molecule has 1 saturated heterocycles. The monoisotopic (exact) mass is 425 g/mol. The second kappa shape index (κ2) is 7.02. The van der Waals surface area contributed by atoms with Gasteiger partial charge in [0.05, 0.1) is 22.1 Å². The van der Waals surface area contributed by atoms with Gasteiger partial charge in [-0.3, -0.25) is 10.1 Å². The van der Waals surface area contributed by atoms with Gasteiger partial charge in [0, 0.05) is 24.0 Å². The van der Waals surface area contributed by atoms with E-state index in [-0.39, 0.29) is 21.3 Å². The lowest BCUT2D eigenvalue weighted by Crippen LogP contribution is -2.36. The Morgan fingerprint density at radius 3 is 2.67 bits per heavy atom. The van der Waals surface area contributed by atoms with Gasteiger partial charge in [0.1, 0.15) is 5.82 Å². The van der Waals surface area contributed by atoms with E-state index in [9.17, 15) is 14.5 Å². The predicted molar refractivity (Wildman–Crippen MR) is 82.5 cm³/mol. The van der Waals surface area contributed by atoms with Crippen molar-refractivity contribution in [2.45, 2.75) is 12.8 Å². The molecule has 0 aromatic heterocycles. The van der Waals surface area contributed by atoms with E-state index in [0.717, 1.165) is 30.3 Å². The van der Waals surface area contributed by atoms with Crippen molar-refractivity contribution in [3.05, 3.63) is 32.5 Å². The Labute approximate surface area is 138 Å². The van der Waals surface area contributed by atoms with Crippen LogP contribution in [0, 0.1) is 21.3 Å². The van der Waals surface area contributed by atoms with Crippen LogP contribution in [-0.4, -0.2) is 30.1 Å². The fraction of sp³-hybridized carbons (Fsp3) is 0.538. The lowest BCUT2D eigenvalue weighted by molar-refractivity contribution is -0.386. The number of halogens is 3. The van der Waals surface area contributed by atoms with E-state index in [2.05, 4.69) is 31.9 Å². The summed E-state index contributed by atoms with van der Waals surface area (Å²) in [5.74, 6) is -0.615. The molecule has 1 aliphatic rings. The topological polar surface area (TPSA) is 61.6 Å². The zero-order chi connectivity index (χ0) is 15.5. The third-order valence-corrected chi connectivity index (χ3v) is 5.32. The van der Waals surface area contributed by atoms with Crippen molar-refractivity contribution in [3.8, 4) is 5.75 Å². The number of ether oxygens (including phenoxy) is 2. The number of alkyl halides is 1. The Hall–Kier alpha value is -0.730. The Balaban J connectivity index is 2.21. The van der Waals surface area contributed by atoms with Gasteiger partial charge >= 0.3 is 5.69 Å². The zero-order valence-corrected chi connectivity index (χ0v) is 14.3. The largest absolute Gasteiger partial charge is 0.485 e. The first-order valence-corrected chi connectivity index (χ1v) is 8.29. The number of nitrogens with zero attached hydrogens (tertiary/aromatic N) is 1. The lowest BCUT2D eigenvalue weighted by Gasteiger charge is -2.35. The van der Waals surface area contributed by atoms with Gasteiger partial charge < -0.3 is 9.47 Å². The van der Waals surface area contributed by atoms with E-state index >= 15 is 0 Å². The van der Waals surface area contributed by atoms with Crippen LogP contribution in [0.15, 0.2) is 16.6 Å². The molecule has 0 aliphatic carbocycles. The molecule has 2 rings (SSSR count). The van der Waals surface area contributed by atoms with Crippen molar-refractivity contribution < 1.29 is 18.8 Å². The summed E-state index contributed by atoms with van der Waals surface area (Å²) in [5.41, 5.74) is -0.501. The Kier molecular flexibility index (Phi) is 5.56. The second-order valence-corrected chi connectivity index (χ2v) is 6.44. The maximum absolute atomic E-state index is 13.3. The van der Waals surface area contributed by atoms with E-state index in [1.165, 1.54) is 0 Å². The summed E-state index contributed by atoms with van der Waals surface area (Å²) in [4.78, 5) is 10.4. The number of benzene rings is 1. The van der Waals surface area contributed by atoms with Gasteiger partial charge in [0.2, 0.25) is 5.75 Å². The minimum atomic E-state index is -0.679. The molecule has 1 aliphatic heterocycles. The molecule has 0 spiro atoms. The third kappa shape index (κ3) is 3.92. The van der Waals surface area contributed by atoms with Gasteiger partial charge in [-0.05, 0) is 34.8 Å². The highest BCUT2D eigenvalue weighted by Crippen LogP contribution is 2.39. The first-order chi connectivity index (χ1) is 9.97. The maximum Gasteiger partial charge on any atom is 0.315 e. The number of hydrogen-bond donors (Lipinski definition) is 0. The van der Waals surface area contributed by atoms with Crippen LogP contribution in [0.1, 0.15) is 12.8 Å². The van der Waals surface area contributed by atoms with Gasteiger partial charge in [-0.1, -0.05) is 15.9 Å². The number of nitro groups is 1. The highest BCUT2D eigenvalue weighted by atomic mass is 79.9. The average molecular weight is 427 g/mol. The number of hydrogen-bond acceptors (Lipinski definition) is 4. The third-order valence-electron chi connectivity index (χ3n) is 3.55. The van der Waals surface area contributed by atoms with Gasteiger partial charge in [-0.15, -0.1) is 0 Å². The molecule has 0 unspecified atom stereocenters. The summed E-state index contributed by atoms with van der Waals surface area (Å²) >= 11 is 6.60. The van der Waals surface area contributed by atoms with Crippen LogP contribution in [-0.2, 0) is 4.74 Å². The van der Waals surface area contributed by atoms with E-state index in [1.807, 2.05) is 0 Å². The SMILES string of the molecule is O=[N+]([O-])c1cc(F)cc(Br)c1OCC1(CBr)CCOCC1. The molecule has 0 N–H and O–H groups in total. The minimum Gasteiger partial charge on any atom is -0.485 e. The zero-order valence-electron chi connectivity index (χ0n) is 11.1. The minimum absolute atomic E-state index is 0.0632. The van der Waals surface area contributed by atoms with E-state index in [4.69, 9.17) is 9.47 Å². The molecule has 1 fully saturated rings. The van der Waals surface area contributed by atoms with E-state index < -0.39 is 10.7 Å². The fourth-order valence-corrected chi connectivity index (χ4v) is 3.43. The van der Waals surface area contributed by atoms with Crippen LogP contribution >= 0.6 is 31.9 Å². The Morgan fingerprint density at radius 2 is 2.10 bits per heavy atom. The first kappa shape index (κ1) is 16.6. The summed E-state index contributed by atoms with van der Waals surface area (Å²) in [5, 5.41) is 11.8. The van der Waals surface area contributed by atoms with Crippen molar-refractivity contribution in [2.24, 2.45) is 5.41 Å². The first-order valence-electron chi connectivity index (χ1n) is 6.37. The predicted octanol–water partition coefficient (Wildman–Crippen LogP) is 4.07. The van der Waals surface area contributed by atoms with Crippen molar-refractivity contribution in [1.29, 1.82) is 0 Å². The van der Waals surface area contributed by atoms with Crippen LogP contribution in [0.2, 0.25) is 0 Å². The molecule has 21 heavy (non-hydrogen) atoms. The summed E-state index contributed by atoms with van der Waals surface area (Å²) in [6.45, 7) is 1.59. The molecule has 0 saturated carbocycles. The molecule has 1 aromatic carbocycles. The van der Waals surface area contributed by atoms with Gasteiger partial charge in [0.25, 0.3) is 0 Å². The molecular formula is C13H14Br2FNO4. The second-order valence-electron chi connectivity index (χ2n) is 5.03. The summed E-state index contributed by atoms with van der Waals surface area (Å²) in [6, 6.07) is 2.03. The van der Waals surface area contributed by atoms with Gasteiger partial charge in [0.15, 0.2) is 0 Å². The Bertz CT molecular complexity index is 535. The normalized spacial score (nSPS) is 17.5. The molecule has 1 aromatic rings. The summed E-state index contributed by atoms with van der Waals surface area (Å²) < 4.78 is 24.5. The maximum atomic E-state index is 13.3. The summed E-state index contributed by atoms with van der Waals surface area (Å²) in [7, 11) is 0. The van der Waals surface area contributed by atoms with Crippen molar-refractivity contribution >= 4 is 37.5 Å². The standard InChI is InChI=1S/C13H14Br2FNO4/c14-7-13(1-3-20-4-2-13)8-21-12-10(15)5-9(16)6-11(12)17(18)19/h5-6H,1-4,7-8H2. The highest BCUT2D eigenvalue weighted by Gasteiger charge is 2.34. The summed E-state index contributed by atoms with van der Waals surface area (Å²) in [6.07, 6.45) is 1.62. The molecular weight excluding hydrogens is 413 g/mol. The number of rotatable bonds is 5. The smallest absolute Gasteiger partial charge is 0.315 e. The van der Waals surface area contributed by atoms with Gasteiger partial charge in [-0.2, -0.15) is 0 Å². The molecule has 0 radical (unpaired) electrons. The lowest BCUT2D eigenvalue weighted by atomic mass is 9.83. The van der Waals surface area contributed by atoms with E-state index in [0.29, 0.717) is 19.8 Å². The van der Waals surface area contributed by atoms with Crippen LogP contribution in [0.3, 0.4) is 0 Å². The van der Waals surface area contributed by atoms with Crippen molar-refractivity contribution in [3.63, 3.8) is 0 Å². The van der Waals surface area contributed by atoms with Gasteiger partial charge in [-0.25, -0.2) is 4.39 Å². The van der Waals surface area contributed by atoms with Crippen LogP contribution in [0.5, 0.6) is 5.75 Å². The van der Waals surface area contributed by atoms with E-state index in [1.54, 1.807) is 0 Å². The van der Waals surface area contributed by atoms with Crippen molar-refractivity contribution in [2.75, 3.05) is 25.2 Å². The molecule has 116 valence electrons. The van der Waals surface area contributed by atoms with Crippen molar-refractivity contribution in [1.82, 2.24) is 0 Å². The fourth-order valence-electron chi connectivity index (χ4n) is 2.17. The van der Waals surface area contributed by atoms with Crippen LogP contribution in [0.4, 0.5) is 10.1 Å². The number of nitro benzene ring substituents is 1. The molecule has 8 heteroatoms. The molecule has 5 nitrogen and oxygen atoms in total. The quantitative estimate of drug-likeness (QED) is 0.404. The van der Waals surface area contributed by atoms with Crippen LogP contribution < -0.4 is 4.74 Å². The Morgan fingerprint density at radius 1 is 1.43 bits per heavy atom. The molecule has 0 atom stereocenters. The molecule has 0 bridgehead atoms. The van der Waals surface area contributed by atoms with Crippen LogP contribution in [0.25, 0.3) is 0 Å². The molecule has 0 amide bonds. The molecule has 1 heterocycles. The highest BCUT2D eigenvalue weighted by molar-refractivity contribution is 9.10. The average Bonchev–Trinajstić information content (AvgIpc) is 2.46.